The highest BCUT2D eigenvalue weighted by atomic mass is 35.5. The predicted molar refractivity (Wildman–Crippen MR) is 92.7 cm³/mol. The Morgan fingerprint density at radius 3 is 3.00 bits per heavy atom. The highest BCUT2D eigenvalue weighted by Gasteiger charge is 2.21. The number of rotatable bonds is 4. The molecule has 3 heterocycles. The van der Waals surface area contributed by atoms with Crippen molar-refractivity contribution < 1.29 is 18.5 Å². The lowest BCUT2D eigenvalue weighted by molar-refractivity contribution is 0.0424. The van der Waals surface area contributed by atoms with E-state index in [2.05, 4.69) is 10.1 Å². The summed E-state index contributed by atoms with van der Waals surface area (Å²) in [5, 5.41) is 8.83. The molecule has 0 bridgehead atoms. The number of benzene rings is 1. The van der Waals surface area contributed by atoms with E-state index in [-0.39, 0.29) is 18.2 Å². The lowest BCUT2D eigenvalue weighted by Crippen LogP contribution is -2.06. The molecule has 3 aromatic heterocycles. The van der Waals surface area contributed by atoms with E-state index >= 15 is 0 Å². The largest absolute Gasteiger partial charge is 0.451 e. The Hall–Kier alpha value is -2.64. The summed E-state index contributed by atoms with van der Waals surface area (Å²) in [7, 11) is 0. The number of nitrogens with zero attached hydrogens (tertiary/aromatic N) is 2. The van der Waals surface area contributed by atoms with E-state index in [0.29, 0.717) is 22.1 Å². The van der Waals surface area contributed by atoms with Gasteiger partial charge in [-0.15, -0.1) is 0 Å². The number of thiophene rings is 1. The lowest BCUT2D eigenvalue weighted by Gasteiger charge is -1.99. The minimum absolute atomic E-state index is 0.114. The number of ether oxygens (including phenoxy) is 1. The molecule has 0 radical (unpaired) electrons. The molecule has 4 rings (SSSR count). The molecule has 0 N–H and O–H groups in total. The molecule has 4 aromatic rings. The molecule has 25 heavy (non-hydrogen) atoms. The maximum absolute atomic E-state index is 12.3. The van der Waals surface area contributed by atoms with E-state index in [1.54, 1.807) is 19.1 Å². The van der Waals surface area contributed by atoms with E-state index < -0.39 is 5.97 Å². The number of aromatic nitrogens is 2. The van der Waals surface area contributed by atoms with E-state index in [4.69, 9.17) is 25.3 Å². The zero-order valence-electron chi connectivity index (χ0n) is 13.0. The van der Waals surface area contributed by atoms with Crippen LogP contribution in [0.25, 0.3) is 22.4 Å². The van der Waals surface area contributed by atoms with Crippen molar-refractivity contribution in [1.29, 1.82) is 0 Å². The highest BCUT2D eigenvalue weighted by Crippen LogP contribution is 2.31. The van der Waals surface area contributed by atoms with E-state index in [1.165, 1.54) is 11.3 Å². The molecule has 0 aliphatic heterocycles. The molecule has 0 aliphatic rings. The molecule has 0 aliphatic carbocycles. The monoisotopic (exact) mass is 374 g/mol. The number of carbonyl (C=O) groups is 1. The van der Waals surface area contributed by atoms with Gasteiger partial charge in [0.05, 0.1) is 10.6 Å². The third kappa shape index (κ3) is 2.92. The van der Waals surface area contributed by atoms with E-state index in [0.717, 1.165) is 10.9 Å². The SMILES string of the molecule is Cc1c(C(=O)OCc2noc(-c3ccsc3)n2)oc2c(Cl)cccc12. The first-order chi connectivity index (χ1) is 12.1. The maximum Gasteiger partial charge on any atom is 0.375 e. The molecule has 0 saturated heterocycles. The minimum Gasteiger partial charge on any atom is -0.451 e. The topological polar surface area (TPSA) is 78.4 Å². The standard InChI is InChI=1S/C17H11ClN2O4S/c1-9-11-3-2-4-12(18)15(11)23-14(9)17(21)22-7-13-19-16(24-20-13)10-5-6-25-8-10/h2-6,8H,7H2,1H3. The zero-order chi connectivity index (χ0) is 17.4. The fourth-order valence-corrected chi connectivity index (χ4v) is 3.26. The summed E-state index contributed by atoms with van der Waals surface area (Å²) in [6.45, 7) is 1.67. The third-order valence-electron chi connectivity index (χ3n) is 3.67. The van der Waals surface area contributed by atoms with Crippen LogP contribution in [-0.2, 0) is 11.3 Å². The van der Waals surface area contributed by atoms with Crippen LogP contribution in [0, 0.1) is 6.92 Å². The van der Waals surface area contributed by atoms with Gasteiger partial charge >= 0.3 is 5.97 Å². The van der Waals surface area contributed by atoms with Crippen molar-refractivity contribution in [2.24, 2.45) is 0 Å². The zero-order valence-corrected chi connectivity index (χ0v) is 14.6. The second kappa shape index (κ2) is 6.34. The number of hydrogen-bond donors (Lipinski definition) is 0. The molecule has 6 nitrogen and oxygen atoms in total. The molecule has 0 spiro atoms. The summed E-state index contributed by atoms with van der Waals surface area (Å²) in [4.78, 5) is 16.5. The minimum atomic E-state index is -0.605. The first kappa shape index (κ1) is 15.9. The fourth-order valence-electron chi connectivity index (χ4n) is 2.42. The number of furan rings is 1. The molecular formula is C17H11ClN2O4S. The Morgan fingerprint density at radius 2 is 2.24 bits per heavy atom. The van der Waals surface area contributed by atoms with Crippen molar-refractivity contribution in [3.8, 4) is 11.5 Å². The molecule has 0 fully saturated rings. The van der Waals surface area contributed by atoms with Crippen molar-refractivity contribution in [3.63, 3.8) is 0 Å². The molecule has 126 valence electrons. The van der Waals surface area contributed by atoms with Gasteiger partial charge in [0.1, 0.15) is 0 Å². The molecule has 0 unspecified atom stereocenters. The van der Waals surface area contributed by atoms with Gasteiger partial charge in [0.25, 0.3) is 5.89 Å². The van der Waals surface area contributed by atoms with Crippen molar-refractivity contribution in [2.45, 2.75) is 13.5 Å². The molecular weight excluding hydrogens is 364 g/mol. The predicted octanol–water partition coefficient (Wildman–Crippen LogP) is 4.86. The second-order valence-electron chi connectivity index (χ2n) is 5.28. The van der Waals surface area contributed by atoms with Gasteiger partial charge in [0.2, 0.25) is 11.6 Å². The fraction of sp³-hybridized carbons (Fsp3) is 0.118. The van der Waals surface area contributed by atoms with Crippen molar-refractivity contribution in [2.75, 3.05) is 0 Å². The van der Waals surface area contributed by atoms with Crippen LogP contribution in [0.4, 0.5) is 0 Å². The van der Waals surface area contributed by atoms with Gasteiger partial charge in [-0.2, -0.15) is 16.3 Å². The van der Waals surface area contributed by atoms with Crippen LogP contribution in [0.15, 0.2) is 44.0 Å². The normalized spacial score (nSPS) is 11.1. The van der Waals surface area contributed by atoms with Gasteiger partial charge in [0, 0.05) is 16.3 Å². The van der Waals surface area contributed by atoms with Gasteiger partial charge in [0.15, 0.2) is 12.2 Å². The number of para-hydroxylation sites is 1. The van der Waals surface area contributed by atoms with Crippen LogP contribution < -0.4 is 0 Å². The Kier molecular flexibility index (Phi) is 4.03. The summed E-state index contributed by atoms with van der Waals surface area (Å²) < 4.78 is 16.0. The number of halogens is 1. The second-order valence-corrected chi connectivity index (χ2v) is 6.46. The summed E-state index contributed by atoms with van der Waals surface area (Å²) >= 11 is 7.62. The van der Waals surface area contributed by atoms with Gasteiger partial charge in [-0.1, -0.05) is 28.9 Å². The van der Waals surface area contributed by atoms with Crippen LogP contribution in [0.1, 0.15) is 21.9 Å². The van der Waals surface area contributed by atoms with Gasteiger partial charge in [-0.25, -0.2) is 4.79 Å². The lowest BCUT2D eigenvalue weighted by atomic mass is 10.1. The summed E-state index contributed by atoms with van der Waals surface area (Å²) in [5.74, 6) is 0.177. The quantitative estimate of drug-likeness (QED) is 0.474. The van der Waals surface area contributed by atoms with Crippen LogP contribution in [0.5, 0.6) is 0 Å². The smallest absolute Gasteiger partial charge is 0.375 e. The molecule has 1 aromatic carbocycles. The van der Waals surface area contributed by atoms with Crippen molar-refractivity contribution in [1.82, 2.24) is 10.1 Å². The molecule has 0 amide bonds. The van der Waals surface area contributed by atoms with Crippen molar-refractivity contribution >= 4 is 39.9 Å². The molecule has 0 atom stereocenters. The average Bonchev–Trinajstić information content (AvgIpc) is 3.33. The van der Waals surface area contributed by atoms with Crippen molar-refractivity contribution in [3.05, 3.63) is 57.2 Å². The maximum atomic E-state index is 12.3. The van der Waals surface area contributed by atoms with Gasteiger partial charge in [-0.3, -0.25) is 0 Å². The van der Waals surface area contributed by atoms with Crippen LogP contribution in [0.2, 0.25) is 5.02 Å². The average molecular weight is 375 g/mol. The van der Waals surface area contributed by atoms with E-state index in [9.17, 15) is 4.79 Å². The van der Waals surface area contributed by atoms with Gasteiger partial charge in [-0.05, 0) is 24.4 Å². The molecule has 8 heteroatoms. The number of aryl methyl sites for hydroxylation is 1. The Labute approximate surface area is 151 Å². The Morgan fingerprint density at radius 1 is 1.36 bits per heavy atom. The van der Waals surface area contributed by atoms with Gasteiger partial charge < -0.3 is 13.7 Å². The summed E-state index contributed by atoms with van der Waals surface area (Å²) in [6, 6.07) is 7.21. The summed E-state index contributed by atoms with van der Waals surface area (Å²) in [5.41, 5.74) is 1.97. The summed E-state index contributed by atoms with van der Waals surface area (Å²) in [6.07, 6.45) is 0. The Balaban J connectivity index is 1.51. The first-order valence-electron chi connectivity index (χ1n) is 7.33. The Bertz CT molecular complexity index is 1050. The van der Waals surface area contributed by atoms with E-state index in [1.807, 2.05) is 22.9 Å². The van der Waals surface area contributed by atoms with Crippen LogP contribution in [-0.4, -0.2) is 16.1 Å². The number of esters is 1. The number of hydrogen-bond acceptors (Lipinski definition) is 7. The van der Waals surface area contributed by atoms with Crippen LogP contribution in [0.3, 0.4) is 0 Å². The number of carbonyl (C=O) groups excluding carboxylic acids is 1. The highest BCUT2D eigenvalue weighted by molar-refractivity contribution is 7.08. The van der Waals surface area contributed by atoms with Crippen LogP contribution >= 0.6 is 22.9 Å². The third-order valence-corrected chi connectivity index (χ3v) is 4.65. The number of fused-ring (bicyclic) bond motifs is 1. The molecule has 0 saturated carbocycles. The first-order valence-corrected chi connectivity index (χ1v) is 8.65.